The molecule has 0 aliphatic carbocycles. The highest BCUT2D eigenvalue weighted by atomic mass is 19.1. The second-order valence-electron chi connectivity index (χ2n) is 8.02. The number of piperidine rings is 1. The highest BCUT2D eigenvalue weighted by molar-refractivity contribution is 6.00. The normalized spacial score (nSPS) is 18.6. The van der Waals surface area contributed by atoms with Gasteiger partial charge in [0, 0.05) is 31.7 Å². The summed E-state index contributed by atoms with van der Waals surface area (Å²) in [6.07, 6.45) is 6.86. The van der Waals surface area contributed by atoms with Gasteiger partial charge in [0.25, 0.3) is 5.91 Å². The maximum absolute atomic E-state index is 14.8. The predicted octanol–water partition coefficient (Wildman–Crippen LogP) is 4.34. The van der Waals surface area contributed by atoms with Crippen molar-refractivity contribution >= 4 is 11.7 Å². The van der Waals surface area contributed by atoms with Crippen LogP contribution in [0.15, 0.2) is 55.0 Å². The van der Waals surface area contributed by atoms with Crippen molar-refractivity contribution in [3.8, 4) is 11.4 Å². The average Bonchev–Trinajstić information content (AvgIpc) is 2.79. The van der Waals surface area contributed by atoms with Crippen LogP contribution in [0.2, 0.25) is 0 Å². The molecule has 0 bridgehead atoms. The Morgan fingerprint density at radius 1 is 1.16 bits per heavy atom. The molecule has 1 saturated heterocycles. The van der Waals surface area contributed by atoms with Crippen LogP contribution < -0.4 is 5.32 Å². The second-order valence-corrected chi connectivity index (χ2v) is 8.02. The van der Waals surface area contributed by atoms with Crippen molar-refractivity contribution in [1.82, 2.24) is 19.9 Å². The molecule has 2 atom stereocenters. The standard InChI is InChI=1S/C24H26FN5O/c1-16-9-10-21(28-14-16)29-15-20-17(2)6-4-13-30(20)24(31)18-7-3-8-19(25)22(18)23-26-11-5-12-27-23/h3,5,7-12,14,17,20H,4,6,13,15H2,1-2H3,(H,28,29)/t17-,20-/m1/s1. The van der Waals surface area contributed by atoms with Crippen LogP contribution in [0.3, 0.4) is 0 Å². The van der Waals surface area contributed by atoms with E-state index in [2.05, 4.69) is 27.2 Å². The van der Waals surface area contributed by atoms with Gasteiger partial charge in [-0.1, -0.05) is 19.1 Å². The number of likely N-dealkylation sites (tertiary alicyclic amines) is 1. The molecule has 4 rings (SSSR count). The molecule has 1 aromatic carbocycles. The molecule has 0 radical (unpaired) electrons. The largest absolute Gasteiger partial charge is 0.368 e. The second kappa shape index (κ2) is 9.20. The molecular formula is C24H26FN5O. The van der Waals surface area contributed by atoms with E-state index in [0.29, 0.717) is 24.6 Å². The summed E-state index contributed by atoms with van der Waals surface area (Å²) in [6.45, 7) is 5.35. The number of benzene rings is 1. The first-order chi connectivity index (χ1) is 15.0. The minimum atomic E-state index is -0.499. The number of nitrogens with one attached hydrogen (secondary N) is 1. The van der Waals surface area contributed by atoms with Gasteiger partial charge in [0.05, 0.1) is 17.2 Å². The highest BCUT2D eigenvalue weighted by Crippen LogP contribution is 2.29. The summed E-state index contributed by atoms with van der Waals surface area (Å²) < 4.78 is 14.8. The number of nitrogens with zero attached hydrogens (tertiary/aromatic N) is 4. The lowest BCUT2D eigenvalue weighted by Crippen LogP contribution is -2.51. The van der Waals surface area contributed by atoms with E-state index in [0.717, 1.165) is 24.2 Å². The molecule has 160 valence electrons. The fourth-order valence-corrected chi connectivity index (χ4v) is 4.11. The monoisotopic (exact) mass is 419 g/mol. The van der Waals surface area contributed by atoms with Crippen molar-refractivity contribution in [2.45, 2.75) is 32.7 Å². The summed E-state index contributed by atoms with van der Waals surface area (Å²) in [4.78, 5) is 28.2. The van der Waals surface area contributed by atoms with Crippen LogP contribution in [0.4, 0.5) is 10.2 Å². The van der Waals surface area contributed by atoms with Gasteiger partial charge in [-0.25, -0.2) is 19.3 Å². The van der Waals surface area contributed by atoms with Crippen molar-refractivity contribution in [3.63, 3.8) is 0 Å². The SMILES string of the molecule is Cc1ccc(NC[C@@H]2[C@H](C)CCCN2C(=O)c2cccc(F)c2-c2ncccn2)nc1. The molecule has 7 heteroatoms. The third-order valence-electron chi connectivity index (χ3n) is 5.81. The summed E-state index contributed by atoms with van der Waals surface area (Å²) in [5.41, 5.74) is 1.53. The van der Waals surface area contributed by atoms with Crippen LogP contribution in [0.25, 0.3) is 11.4 Å². The van der Waals surface area contributed by atoms with Crippen molar-refractivity contribution in [2.75, 3.05) is 18.4 Å². The van der Waals surface area contributed by atoms with Crippen molar-refractivity contribution < 1.29 is 9.18 Å². The summed E-state index contributed by atoms with van der Waals surface area (Å²) in [6, 6.07) is 10.1. The van der Waals surface area contributed by atoms with Crippen LogP contribution in [-0.2, 0) is 0 Å². The predicted molar refractivity (Wildman–Crippen MR) is 118 cm³/mol. The summed E-state index contributed by atoms with van der Waals surface area (Å²) in [5.74, 6) is 0.603. The van der Waals surface area contributed by atoms with E-state index in [1.807, 2.05) is 30.2 Å². The van der Waals surface area contributed by atoms with Crippen LogP contribution in [0, 0.1) is 18.7 Å². The molecule has 0 unspecified atom stereocenters. The molecule has 1 aliphatic heterocycles. The van der Waals surface area contributed by atoms with Gasteiger partial charge in [-0.2, -0.15) is 0 Å². The first-order valence-corrected chi connectivity index (χ1v) is 10.6. The number of carbonyl (C=O) groups is 1. The van der Waals surface area contributed by atoms with Gasteiger partial charge in [-0.15, -0.1) is 0 Å². The van der Waals surface area contributed by atoms with Gasteiger partial charge in [-0.3, -0.25) is 4.79 Å². The summed E-state index contributed by atoms with van der Waals surface area (Å²) in [7, 11) is 0. The fourth-order valence-electron chi connectivity index (χ4n) is 4.11. The summed E-state index contributed by atoms with van der Waals surface area (Å²) in [5, 5.41) is 3.36. The van der Waals surface area contributed by atoms with Gasteiger partial charge in [-0.05, 0) is 55.5 Å². The number of halogens is 1. The van der Waals surface area contributed by atoms with Crippen LogP contribution in [0.5, 0.6) is 0 Å². The number of hydrogen-bond acceptors (Lipinski definition) is 5. The first-order valence-electron chi connectivity index (χ1n) is 10.6. The van der Waals surface area contributed by atoms with E-state index in [1.54, 1.807) is 30.6 Å². The Hall–Kier alpha value is -3.35. The van der Waals surface area contributed by atoms with Crippen LogP contribution >= 0.6 is 0 Å². The lowest BCUT2D eigenvalue weighted by atomic mass is 9.89. The molecule has 3 heterocycles. The van der Waals surface area contributed by atoms with E-state index >= 15 is 0 Å². The van der Waals surface area contributed by atoms with Gasteiger partial charge < -0.3 is 10.2 Å². The van der Waals surface area contributed by atoms with Gasteiger partial charge >= 0.3 is 0 Å². The molecule has 0 spiro atoms. The minimum absolute atomic E-state index is 0.0304. The zero-order chi connectivity index (χ0) is 21.8. The van der Waals surface area contributed by atoms with E-state index in [4.69, 9.17) is 0 Å². The highest BCUT2D eigenvalue weighted by Gasteiger charge is 2.34. The lowest BCUT2D eigenvalue weighted by molar-refractivity contribution is 0.0540. The van der Waals surface area contributed by atoms with Crippen LogP contribution in [-0.4, -0.2) is 44.9 Å². The van der Waals surface area contributed by atoms with Gasteiger partial charge in [0.2, 0.25) is 0 Å². The number of aromatic nitrogens is 3. The van der Waals surface area contributed by atoms with Gasteiger partial charge in [0.15, 0.2) is 5.82 Å². The van der Waals surface area contributed by atoms with Crippen molar-refractivity contribution in [2.24, 2.45) is 5.92 Å². The Morgan fingerprint density at radius 3 is 2.71 bits per heavy atom. The fraction of sp³-hybridized carbons (Fsp3) is 0.333. The Kier molecular flexibility index (Phi) is 6.21. The number of aryl methyl sites for hydroxylation is 1. The van der Waals surface area contributed by atoms with E-state index in [9.17, 15) is 9.18 Å². The molecule has 3 aromatic rings. The Balaban J connectivity index is 1.62. The van der Waals surface area contributed by atoms with E-state index in [1.165, 1.54) is 6.07 Å². The maximum Gasteiger partial charge on any atom is 0.255 e. The number of carbonyl (C=O) groups excluding carboxylic acids is 1. The molecule has 1 N–H and O–H groups in total. The molecular weight excluding hydrogens is 393 g/mol. The number of anilines is 1. The Labute approximate surface area is 181 Å². The average molecular weight is 420 g/mol. The summed E-state index contributed by atoms with van der Waals surface area (Å²) >= 11 is 0. The van der Waals surface area contributed by atoms with Crippen molar-refractivity contribution in [1.29, 1.82) is 0 Å². The minimum Gasteiger partial charge on any atom is -0.368 e. The number of pyridine rings is 1. The molecule has 31 heavy (non-hydrogen) atoms. The van der Waals surface area contributed by atoms with Crippen LogP contribution in [0.1, 0.15) is 35.7 Å². The number of rotatable bonds is 5. The smallest absolute Gasteiger partial charge is 0.255 e. The Bertz CT molecular complexity index is 1040. The Morgan fingerprint density at radius 2 is 1.97 bits per heavy atom. The van der Waals surface area contributed by atoms with Gasteiger partial charge in [0.1, 0.15) is 11.6 Å². The zero-order valence-electron chi connectivity index (χ0n) is 17.8. The van der Waals surface area contributed by atoms with Crippen molar-refractivity contribution in [3.05, 3.63) is 71.9 Å². The number of amides is 1. The third kappa shape index (κ3) is 4.55. The zero-order valence-corrected chi connectivity index (χ0v) is 17.8. The van der Waals surface area contributed by atoms with E-state index < -0.39 is 5.82 Å². The molecule has 1 aliphatic rings. The molecule has 2 aromatic heterocycles. The maximum atomic E-state index is 14.8. The molecule has 1 fully saturated rings. The first kappa shape index (κ1) is 20.9. The number of hydrogen-bond donors (Lipinski definition) is 1. The topological polar surface area (TPSA) is 71.0 Å². The van der Waals surface area contributed by atoms with E-state index in [-0.39, 0.29) is 23.3 Å². The lowest BCUT2D eigenvalue weighted by Gasteiger charge is -2.40. The molecule has 0 saturated carbocycles. The molecule has 6 nitrogen and oxygen atoms in total. The quantitative estimate of drug-likeness (QED) is 0.666. The molecule has 1 amide bonds. The third-order valence-corrected chi connectivity index (χ3v) is 5.81.